The fourth-order valence-electron chi connectivity index (χ4n) is 3.02. The van der Waals surface area contributed by atoms with Gasteiger partial charge in [-0.3, -0.25) is 13.9 Å². The number of benzene rings is 3. The summed E-state index contributed by atoms with van der Waals surface area (Å²) in [6, 6.07) is 23.0. The van der Waals surface area contributed by atoms with Gasteiger partial charge in [-0.15, -0.1) is 5.11 Å². The zero-order chi connectivity index (χ0) is 22.0. The molecule has 0 atom stereocenters. The Balaban J connectivity index is 2.01. The normalized spacial score (nSPS) is 11.2. The highest BCUT2D eigenvalue weighted by atomic mass is 35.5. The van der Waals surface area contributed by atoms with E-state index in [0.717, 1.165) is 5.56 Å². The van der Waals surface area contributed by atoms with Crippen molar-refractivity contribution in [1.29, 1.82) is 0 Å². The van der Waals surface area contributed by atoms with Gasteiger partial charge in [-0.1, -0.05) is 47.5 Å². The van der Waals surface area contributed by atoms with Crippen LogP contribution in [0.25, 0.3) is 11.4 Å². The standard InChI is InChI=1S/C23H17ClN4O2S/c1-15-7-11-18(12-8-15)27-21(29)20(26-25-17-5-3-2-4-6-17)22(30)28(23(27)31)19-13-9-16(24)10-14-19/h2-14,29H,1H3. The van der Waals surface area contributed by atoms with Crippen molar-refractivity contribution in [2.24, 2.45) is 10.2 Å². The van der Waals surface area contributed by atoms with Crippen molar-refractivity contribution in [3.8, 4) is 17.3 Å². The monoisotopic (exact) mass is 448 g/mol. The Hall–Kier alpha value is -3.55. The first-order chi connectivity index (χ1) is 15.0. The van der Waals surface area contributed by atoms with E-state index in [4.69, 9.17) is 23.8 Å². The molecule has 6 nitrogen and oxygen atoms in total. The number of nitrogens with zero attached hydrogens (tertiary/aromatic N) is 4. The van der Waals surface area contributed by atoms with Gasteiger partial charge in [0.25, 0.3) is 5.56 Å². The molecule has 0 aliphatic rings. The van der Waals surface area contributed by atoms with Crippen LogP contribution in [0.5, 0.6) is 5.88 Å². The minimum absolute atomic E-state index is 0.0901. The second-order valence-electron chi connectivity index (χ2n) is 6.78. The number of azo groups is 1. The summed E-state index contributed by atoms with van der Waals surface area (Å²) in [5.41, 5.74) is 1.86. The first-order valence-electron chi connectivity index (χ1n) is 9.36. The number of aromatic nitrogens is 2. The SMILES string of the molecule is Cc1ccc(-n2c(O)c(N=Nc3ccccc3)c(=O)n(-c3ccc(Cl)cc3)c2=S)cc1. The third-order valence-electron chi connectivity index (χ3n) is 4.61. The van der Waals surface area contributed by atoms with Crippen LogP contribution in [0.2, 0.25) is 5.02 Å². The lowest BCUT2D eigenvalue weighted by molar-refractivity contribution is 0.432. The first-order valence-corrected chi connectivity index (χ1v) is 10.1. The average molecular weight is 449 g/mol. The Morgan fingerprint density at radius 2 is 1.42 bits per heavy atom. The Kier molecular flexibility index (Phi) is 5.79. The summed E-state index contributed by atoms with van der Waals surface area (Å²) in [6.07, 6.45) is 0. The van der Waals surface area contributed by atoms with Crippen molar-refractivity contribution in [3.63, 3.8) is 0 Å². The molecular formula is C23H17ClN4O2S. The van der Waals surface area contributed by atoms with Crippen LogP contribution in [0, 0.1) is 11.7 Å². The molecule has 4 rings (SSSR count). The zero-order valence-electron chi connectivity index (χ0n) is 16.4. The molecule has 0 aliphatic carbocycles. The Labute approximate surface area is 188 Å². The fourth-order valence-corrected chi connectivity index (χ4v) is 3.53. The van der Waals surface area contributed by atoms with Crippen LogP contribution < -0.4 is 5.56 Å². The predicted molar refractivity (Wildman–Crippen MR) is 124 cm³/mol. The molecule has 0 radical (unpaired) electrons. The van der Waals surface area contributed by atoms with Gasteiger partial charge in [0.15, 0.2) is 4.77 Å². The van der Waals surface area contributed by atoms with Crippen molar-refractivity contribution in [2.75, 3.05) is 0 Å². The van der Waals surface area contributed by atoms with E-state index >= 15 is 0 Å². The van der Waals surface area contributed by atoms with Crippen molar-refractivity contribution in [2.45, 2.75) is 6.92 Å². The number of hydrogen-bond acceptors (Lipinski definition) is 5. The molecule has 0 bridgehead atoms. The third-order valence-corrected chi connectivity index (χ3v) is 5.23. The second kappa shape index (κ2) is 8.67. The van der Waals surface area contributed by atoms with Crippen LogP contribution in [-0.4, -0.2) is 14.2 Å². The summed E-state index contributed by atoms with van der Waals surface area (Å²) >= 11 is 11.6. The zero-order valence-corrected chi connectivity index (χ0v) is 18.0. The highest BCUT2D eigenvalue weighted by Gasteiger charge is 2.19. The molecule has 0 saturated heterocycles. The van der Waals surface area contributed by atoms with Crippen molar-refractivity contribution < 1.29 is 5.11 Å². The molecule has 0 fully saturated rings. The molecule has 0 aliphatic heterocycles. The van der Waals surface area contributed by atoms with Gasteiger partial charge in [0, 0.05) is 5.02 Å². The largest absolute Gasteiger partial charge is 0.492 e. The van der Waals surface area contributed by atoms with Gasteiger partial charge >= 0.3 is 0 Å². The average Bonchev–Trinajstić information content (AvgIpc) is 2.77. The van der Waals surface area contributed by atoms with E-state index in [1.807, 2.05) is 25.1 Å². The van der Waals surface area contributed by atoms with Crippen LogP contribution in [0.4, 0.5) is 11.4 Å². The maximum atomic E-state index is 13.3. The van der Waals surface area contributed by atoms with E-state index in [1.165, 1.54) is 9.13 Å². The molecule has 0 spiro atoms. The van der Waals surface area contributed by atoms with Crippen molar-refractivity contribution >= 4 is 35.2 Å². The molecule has 1 N–H and O–H groups in total. The molecule has 1 aromatic heterocycles. The van der Waals surface area contributed by atoms with Crippen molar-refractivity contribution in [1.82, 2.24) is 9.13 Å². The smallest absolute Gasteiger partial charge is 0.290 e. The lowest BCUT2D eigenvalue weighted by Gasteiger charge is -2.16. The van der Waals surface area contributed by atoms with Crippen LogP contribution in [-0.2, 0) is 0 Å². The van der Waals surface area contributed by atoms with Gasteiger partial charge in [-0.05, 0) is 67.7 Å². The summed E-state index contributed by atoms with van der Waals surface area (Å²) in [4.78, 5) is 13.3. The molecular weight excluding hydrogens is 432 g/mol. The summed E-state index contributed by atoms with van der Waals surface area (Å²) in [5.74, 6) is -0.385. The van der Waals surface area contributed by atoms with E-state index in [0.29, 0.717) is 22.1 Å². The maximum absolute atomic E-state index is 13.3. The molecule has 0 unspecified atom stereocenters. The molecule has 0 saturated carbocycles. The summed E-state index contributed by atoms with van der Waals surface area (Å²) in [6.45, 7) is 1.96. The minimum atomic E-state index is -0.590. The maximum Gasteiger partial charge on any atom is 0.290 e. The minimum Gasteiger partial charge on any atom is -0.492 e. The van der Waals surface area contributed by atoms with Gasteiger partial charge in [-0.25, -0.2) is 0 Å². The van der Waals surface area contributed by atoms with Gasteiger partial charge in [0.2, 0.25) is 11.6 Å². The Morgan fingerprint density at radius 3 is 2.06 bits per heavy atom. The highest BCUT2D eigenvalue weighted by Crippen LogP contribution is 2.29. The predicted octanol–water partition coefficient (Wildman–Crippen LogP) is 6.44. The molecule has 4 aromatic rings. The lowest BCUT2D eigenvalue weighted by Crippen LogP contribution is -2.23. The van der Waals surface area contributed by atoms with Crippen LogP contribution in [0.15, 0.2) is 93.9 Å². The van der Waals surface area contributed by atoms with Crippen LogP contribution >= 0.6 is 23.8 Å². The first kappa shape index (κ1) is 20.7. The number of halogens is 1. The molecule has 31 heavy (non-hydrogen) atoms. The molecule has 1 heterocycles. The Morgan fingerprint density at radius 1 is 0.839 bits per heavy atom. The number of hydrogen-bond donors (Lipinski definition) is 1. The van der Waals surface area contributed by atoms with Gasteiger partial charge in [0.1, 0.15) is 0 Å². The van der Waals surface area contributed by atoms with E-state index < -0.39 is 5.56 Å². The summed E-state index contributed by atoms with van der Waals surface area (Å²) < 4.78 is 2.78. The van der Waals surface area contributed by atoms with E-state index in [-0.39, 0.29) is 16.3 Å². The van der Waals surface area contributed by atoms with Crippen LogP contribution in [0.1, 0.15) is 5.56 Å². The van der Waals surface area contributed by atoms with Crippen LogP contribution in [0.3, 0.4) is 0 Å². The number of rotatable bonds is 4. The summed E-state index contributed by atoms with van der Waals surface area (Å²) in [5, 5.41) is 19.7. The molecule has 154 valence electrons. The topological polar surface area (TPSA) is 71.9 Å². The molecule has 0 amide bonds. The third kappa shape index (κ3) is 4.19. The fraction of sp³-hybridized carbons (Fsp3) is 0.0435. The van der Waals surface area contributed by atoms with E-state index in [2.05, 4.69) is 10.2 Å². The molecule has 3 aromatic carbocycles. The van der Waals surface area contributed by atoms with Gasteiger partial charge < -0.3 is 5.11 Å². The highest BCUT2D eigenvalue weighted by molar-refractivity contribution is 7.71. The van der Waals surface area contributed by atoms with E-state index in [1.54, 1.807) is 60.7 Å². The summed E-state index contributed by atoms with van der Waals surface area (Å²) in [7, 11) is 0. The number of aryl methyl sites for hydroxylation is 1. The van der Waals surface area contributed by atoms with Gasteiger partial charge in [0.05, 0.1) is 17.1 Å². The van der Waals surface area contributed by atoms with E-state index in [9.17, 15) is 9.90 Å². The lowest BCUT2D eigenvalue weighted by atomic mass is 10.2. The van der Waals surface area contributed by atoms with Crippen molar-refractivity contribution in [3.05, 3.63) is 105 Å². The quantitative estimate of drug-likeness (QED) is 0.288. The second-order valence-corrected chi connectivity index (χ2v) is 7.58. The van der Waals surface area contributed by atoms with Gasteiger partial charge in [-0.2, -0.15) is 5.11 Å². The molecule has 8 heteroatoms. The Bertz CT molecular complexity index is 1380. The number of aromatic hydroxyl groups is 1.